The number of carbonyl (C=O) groups excluding carboxylic acids is 1. The minimum absolute atomic E-state index is 0.128. The molecule has 0 aromatic carbocycles. The van der Waals surface area contributed by atoms with Crippen molar-refractivity contribution in [3.63, 3.8) is 0 Å². The van der Waals surface area contributed by atoms with Crippen LogP contribution in [-0.2, 0) is 4.79 Å². The molecule has 1 N–H and O–H groups in total. The molecule has 2 unspecified atom stereocenters. The molecule has 4 heteroatoms. The van der Waals surface area contributed by atoms with Gasteiger partial charge >= 0.3 is 0 Å². The van der Waals surface area contributed by atoms with Gasteiger partial charge in [0, 0.05) is 18.6 Å². The summed E-state index contributed by atoms with van der Waals surface area (Å²) in [5.41, 5.74) is 0. The maximum Gasteiger partial charge on any atom is 0.241 e. The Morgan fingerprint density at radius 2 is 2.27 bits per heavy atom. The lowest BCUT2D eigenvalue weighted by Crippen LogP contribution is -2.45. The molecule has 15 heavy (non-hydrogen) atoms. The van der Waals surface area contributed by atoms with Crippen LogP contribution in [0.5, 0.6) is 0 Å². The molecule has 2 rings (SSSR count). The fourth-order valence-corrected chi connectivity index (χ4v) is 2.13. The zero-order valence-corrected chi connectivity index (χ0v) is 9.07. The third-order valence-corrected chi connectivity index (χ3v) is 3.15. The highest BCUT2D eigenvalue weighted by atomic mass is 16.2. The number of hydrogen-bond acceptors (Lipinski definition) is 3. The zero-order chi connectivity index (χ0) is 10.8. The molecule has 0 bridgehead atoms. The van der Waals surface area contributed by atoms with Gasteiger partial charge in [0.1, 0.15) is 6.04 Å². The van der Waals surface area contributed by atoms with Crippen molar-refractivity contribution in [2.75, 3.05) is 6.54 Å². The molecule has 2 atom stereocenters. The molecule has 82 valence electrons. The number of nitriles is 1. The number of carbonyl (C=O) groups is 1. The second-order valence-corrected chi connectivity index (χ2v) is 4.53. The normalized spacial score (nSPS) is 32.3. The van der Waals surface area contributed by atoms with E-state index in [1.807, 2.05) is 4.90 Å². The van der Waals surface area contributed by atoms with E-state index in [1.165, 1.54) is 0 Å². The summed E-state index contributed by atoms with van der Waals surface area (Å²) in [4.78, 5) is 14.0. The highest BCUT2D eigenvalue weighted by Gasteiger charge is 2.37. The molecule has 1 heterocycles. The second kappa shape index (κ2) is 4.19. The molecule has 1 saturated heterocycles. The summed E-state index contributed by atoms with van der Waals surface area (Å²) < 4.78 is 0. The van der Waals surface area contributed by atoms with E-state index in [4.69, 9.17) is 5.26 Å². The molecule has 2 fully saturated rings. The lowest BCUT2D eigenvalue weighted by molar-refractivity contribution is -0.133. The largest absolute Gasteiger partial charge is 0.338 e. The van der Waals surface area contributed by atoms with Gasteiger partial charge in [-0.1, -0.05) is 0 Å². The summed E-state index contributed by atoms with van der Waals surface area (Å²) in [7, 11) is 0. The van der Waals surface area contributed by atoms with Crippen LogP contribution >= 0.6 is 0 Å². The van der Waals surface area contributed by atoms with Crippen molar-refractivity contribution in [1.82, 2.24) is 10.2 Å². The molecule has 1 saturated carbocycles. The molecule has 1 aliphatic carbocycles. The van der Waals surface area contributed by atoms with Gasteiger partial charge in [-0.25, -0.2) is 0 Å². The molecule has 2 aliphatic rings. The van der Waals surface area contributed by atoms with Crippen molar-refractivity contribution in [2.45, 2.75) is 50.7 Å². The van der Waals surface area contributed by atoms with E-state index in [2.05, 4.69) is 18.3 Å². The minimum Gasteiger partial charge on any atom is -0.338 e. The maximum absolute atomic E-state index is 12.1. The van der Waals surface area contributed by atoms with Gasteiger partial charge in [0.05, 0.1) is 12.5 Å². The van der Waals surface area contributed by atoms with Crippen molar-refractivity contribution >= 4 is 5.91 Å². The van der Waals surface area contributed by atoms with Crippen molar-refractivity contribution in [1.29, 1.82) is 5.26 Å². The van der Waals surface area contributed by atoms with E-state index >= 15 is 0 Å². The quantitative estimate of drug-likeness (QED) is 0.723. The third kappa shape index (κ3) is 2.29. The zero-order valence-electron chi connectivity index (χ0n) is 9.07. The van der Waals surface area contributed by atoms with Gasteiger partial charge in [0.15, 0.2) is 0 Å². The van der Waals surface area contributed by atoms with Gasteiger partial charge < -0.3 is 10.2 Å². The van der Waals surface area contributed by atoms with E-state index in [-0.39, 0.29) is 18.4 Å². The molecular formula is C11H17N3O. The van der Waals surface area contributed by atoms with Crippen LogP contribution in [0, 0.1) is 11.3 Å². The lowest BCUT2D eigenvalue weighted by atomic mass is 10.2. The Kier molecular flexibility index (Phi) is 2.92. The van der Waals surface area contributed by atoms with Crippen molar-refractivity contribution in [3.8, 4) is 6.07 Å². The Morgan fingerprint density at radius 3 is 2.87 bits per heavy atom. The SMILES string of the molecule is CC1CCN(C2CC2)C(=O)C(CC#N)N1. The second-order valence-electron chi connectivity index (χ2n) is 4.53. The Labute approximate surface area is 90.2 Å². The van der Waals surface area contributed by atoms with Crippen LogP contribution in [0.3, 0.4) is 0 Å². The topological polar surface area (TPSA) is 56.1 Å². The predicted octanol–water partition coefficient (Wildman–Crippen LogP) is 0.641. The standard InChI is InChI=1S/C11H17N3O/c1-8-5-7-14(9-2-3-9)11(15)10(13-8)4-6-12/h8-10,13H,2-5,7H2,1H3. The van der Waals surface area contributed by atoms with E-state index < -0.39 is 0 Å². The molecule has 1 amide bonds. The Bertz CT molecular complexity index is 293. The van der Waals surface area contributed by atoms with Crippen LogP contribution in [0.15, 0.2) is 0 Å². The molecule has 0 aromatic heterocycles. The number of hydrogen-bond donors (Lipinski definition) is 1. The van der Waals surface area contributed by atoms with Crippen LogP contribution in [-0.4, -0.2) is 35.5 Å². The Hall–Kier alpha value is -1.08. The fraction of sp³-hybridized carbons (Fsp3) is 0.818. The molecule has 0 aromatic rings. The highest BCUT2D eigenvalue weighted by Crippen LogP contribution is 2.29. The first kappa shape index (κ1) is 10.4. The van der Waals surface area contributed by atoms with E-state index in [1.54, 1.807) is 0 Å². The predicted molar refractivity (Wildman–Crippen MR) is 56.0 cm³/mol. The van der Waals surface area contributed by atoms with E-state index in [0.29, 0.717) is 12.1 Å². The van der Waals surface area contributed by atoms with Crippen LogP contribution in [0.25, 0.3) is 0 Å². The van der Waals surface area contributed by atoms with Gasteiger partial charge in [-0.15, -0.1) is 0 Å². The van der Waals surface area contributed by atoms with Gasteiger partial charge in [-0.05, 0) is 26.2 Å². The number of rotatable bonds is 2. The number of amides is 1. The average Bonchev–Trinajstić information content (AvgIpc) is 3.00. The maximum atomic E-state index is 12.1. The van der Waals surface area contributed by atoms with Crippen molar-refractivity contribution in [3.05, 3.63) is 0 Å². The van der Waals surface area contributed by atoms with Gasteiger partial charge in [-0.2, -0.15) is 5.26 Å². The van der Waals surface area contributed by atoms with Crippen molar-refractivity contribution < 1.29 is 4.79 Å². The average molecular weight is 207 g/mol. The summed E-state index contributed by atoms with van der Waals surface area (Å²) >= 11 is 0. The van der Waals surface area contributed by atoms with Crippen LogP contribution in [0.2, 0.25) is 0 Å². The molecule has 0 radical (unpaired) electrons. The highest BCUT2D eigenvalue weighted by molar-refractivity contribution is 5.83. The summed E-state index contributed by atoms with van der Waals surface area (Å²) in [6.07, 6.45) is 3.55. The molecular weight excluding hydrogens is 190 g/mol. The van der Waals surface area contributed by atoms with Gasteiger partial charge in [0.25, 0.3) is 0 Å². The molecule has 4 nitrogen and oxygen atoms in total. The van der Waals surface area contributed by atoms with E-state index in [0.717, 1.165) is 25.8 Å². The molecule has 1 aliphatic heterocycles. The summed E-state index contributed by atoms with van der Waals surface area (Å²) in [5, 5.41) is 11.9. The monoisotopic (exact) mass is 207 g/mol. The first-order valence-electron chi connectivity index (χ1n) is 5.66. The minimum atomic E-state index is -0.284. The Morgan fingerprint density at radius 1 is 1.53 bits per heavy atom. The first-order valence-corrected chi connectivity index (χ1v) is 5.66. The van der Waals surface area contributed by atoms with Crippen LogP contribution in [0.4, 0.5) is 0 Å². The van der Waals surface area contributed by atoms with Crippen LogP contribution < -0.4 is 5.32 Å². The van der Waals surface area contributed by atoms with Crippen molar-refractivity contribution in [2.24, 2.45) is 0 Å². The first-order chi connectivity index (χ1) is 7.22. The summed E-state index contributed by atoms with van der Waals surface area (Å²) in [6.45, 7) is 2.92. The summed E-state index contributed by atoms with van der Waals surface area (Å²) in [6, 6.07) is 2.60. The lowest BCUT2D eigenvalue weighted by Gasteiger charge is -2.22. The van der Waals surface area contributed by atoms with E-state index in [9.17, 15) is 4.79 Å². The Balaban J connectivity index is 2.08. The molecule has 0 spiro atoms. The third-order valence-electron chi connectivity index (χ3n) is 3.15. The smallest absolute Gasteiger partial charge is 0.241 e. The number of nitrogens with one attached hydrogen (secondary N) is 1. The van der Waals surface area contributed by atoms with Gasteiger partial charge in [-0.3, -0.25) is 4.79 Å². The van der Waals surface area contributed by atoms with Crippen LogP contribution in [0.1, 0.15) is 32.6 Å². The van der Waals surface area contributed by atoms with Gasteiger partial charge in [0.2, 0.25) is 5.91 Å². The summed E-state index contributed by atoms with van der Waals surface area (Å²) in [5.74, 6) is 0.128. The fourth-order valence-electron chi connectivity index (χ4n) is 2.13. The number of nitrogens with zero attached hydrogens (tertiary/aromatic N) is 2.